The van der Waals surface area contributed by atoms with Gasteiger partial charge in [-0.1, -0.05) is 6.07 Å². The molecule has 1 aliphatic carbocycles. The zero-order valence-corrected chi connectivity index (χ0v) is 13.2. The molecule has 1 aliphatic rings. The summed E-state index contributed by atoms with van der Waals surface area (Å²) in [6.45, 7) is 1.85. The van der Waals surface area contributed by atoms with Crippen LogP contribution in [0.25, 0.3) is 0 Å². The number of rotatable bonds is 4. The van der Waals surface area contributed by atoms with Crippen LogP contribution in [0, 0.1) is 6.92 Å². The minimum absolute atomic E-state index is 0.0373. The number of carbonyl (C=O) groups excluding carboxylic acids is 1. The quantitative estimate of drug-likeness (QED) is 0.943. The van der Waals surface area contributed by atoms with E-state index in [1.165, 1.54) is 0 Å². The van der Waals surface area contributed by atoms with Crippen molar-refractivity contribution >= 4 is 5.91 Å². The Kier molecular flexibility index (Phi) is 4.86. The minimum atomic E-state index is -0.0373. The Morgan fingerprint density at radius 3 is 2.57 bits per heavy atom. The summed E-state index contributed by atoms with van der Waals surface area (Å²) in [5.41, 5.74) is 1.41. The van der Waals surface area contributed by atoms with E-state index in [1.54, 1.807) is 18.5 Å². The van der Waals surface area contributed by atoms with Crippen LogP contribution in [0.15, 0.2) is 42.7 Å². The molecule has 2 heterocycles. The Balaban J connectivity index is 1.49. The Labute approximate surface area is 136 Å². The highest BCUT2D eigenvalue weighted by Crippen LogP contribution is 2.23. The van der Waals surface area contributed by atoms with Gasteiger partial charge in [-0.3, -0.25) is 9.78 Å². The summed E-state index contributed by atoms with van der Waals surface area (Å²) in [7, 11) is 0. The molecule has 0 bridgehead atoms. The molecule has 120 valence electrons. The van der Waals surface area contributed by atoms with Crippen LogP contribution in [0.1, 0.15) is 41.7 Å². The van der Waals surface area contributed by atoms with Crippen molar-refractivity contribution in [1.82, 2.24) is 15.3 Å². The highest BCUT2D eigenvalue weighted by molar-refractivity contribution is 5.95. The smallest absolute Gasteiger partial charge is 0.253 e. The van der Waals surface area contributed by atoms with Gasteiger partial charge in [0.05, 0.1) is 5.56 Å². The largest absolute Gasteiger partial charge is 0.474 e. The highest BCUT2D eigenvalue weighted by Gasteiger charge is 2.24. The summed E-state index contributed by atoms with van der Waals surface area (Å²) < 4.78 is 5.88. The number of aromatic nitrogens is 2. The lowest BCUT2D eigenvalue weighted by molar-refractivity contribution is 0.0889. The van der Waals surface area contributed by atoms with Crippen molar-refractivity contribution in [3.05, 3.63) is 54.0 Å². The van der Waals surface area contributed by atoms with Gasteiger partial charge in [0.1, 0.15) is 6.10 Å². The van der Waals surface area contributed by atoms with E-state index in [2.05, 4.69) is 15.3 Å². The lowest BCUT2D eigenvalue weighted by atomic mass is 9.92. The molecule has 2 aromatic heterocycles. The monoisotopic (exact) mass is 311 g/mol. The molecule has 3 rings (SSSR count). The van der Waals surface area contributed by atoms with Crippen LogP contribution in [0.2, 0.25) is 0 Å². The van der Waals surface area contributed by atoms with Crippen molar-refractivity contribution in [2.24, 2.45) is 0 Å². The topological polar surface area (TPSA) is 64.1 Å². The predicted octanol–water partition coefficient (Wildman–Crippen LogP) is 2.91. The van der Waals surface area contributed by atoms with Gasteiger partial charge in [-0.2, -0.15) is 0 Å². The molecule has 0 saturated heterocycles. The van der Waals surface area contributed by atoms with Crippen molar-refractivity contribution in [2.45, 2.75) is 44.8 Å². The predicted molar refractivity (Wildman–Crippen MR) is 87.3 cm³/mol. The van der Waals surface area contributed by atoms with Crippen molar-refractivity contribution in [3.63, 3.8) is 0 Å². The maximum absolute atomic E-state index is 12.3. The second-order valence-electron chi connectivity index (χ2n) is 5.87. The lowest BCUT2D eigenvalue weighted by Gasteiger charge is -2.29. The van der Waals surface area contributed by atoms with Crippen molar-refractivity contribution in [1.29, 1.82) is 0 Å². The molecule has 23 heavy (non-hydrogen) atoms. The Bertz CT molecular complexity index is 652. The van der Waals surface area contributed by atoms with Crippen molar-refractivity contribution < 1.29 is 9.53 Å². The normalized spacial score (nSPS) is 20.7. The standard InChI is InChI=1S/C18H21N3O2/c1-13-16(5-4-12-19-13)18(22)21-14-7-9-15(10-8-14)23-17-6-2-3-11-20-17/h2-6,11-12,14-15H,7-10H2,1H3,(H,21,22). The van der Waals surface area contributed by atoms with E-state index in [-0.39, 0.29) is 18.1 Å². The molecule has 0 radical (unpaired) electrons. The fraction of sp³-hybridized carbons (Fsp3) is 0.389. The second kappa shape index (κ2) is 7.22. The SMILES string of the molecule is Cc1ncccc1C(=O)NC1CCC(Oc2ccccn2)CC1. The van der Waals surface area contributed by atoms with Gasteiger partial charge in [0.25, 0.3) is 5.91 Å². The number of ether oxygens (including phenoxy) is 1. The average Bonchev–Trinajstić information content (AvgIpc) is 2.58. The molecule has 1 fully saturated rings. The molecule has 5 heteroatoms. The Hall–Kier alpha value is -2.43. The van der Waals surface area contributed by atoms with Crippen LogP contribution in [-0.4, -0.2) is 28.0 Å². The molecule has 1 N–H and O–H groups in total. The zero-order chi connectivity index (χ0) is 16.1. The second-order valence-corrected chi connectivity index (χ2v) is 5.87. The third kappa shape index (κ3) is 4.06. The first-order valence-electron chi connectivity index (χ1n) is 8.02. The van der Waals surface area contributed by atoms with Crippen LogP contribution >= 0.6 is 0 Å². The average molecular weight is 311 g/mol. The number of amides is 1. The molecule has 1 amide bonds. The zero-order valence-electron chi connectivity index (χ0n) is 13.2. The summed E-state index contributed by atoms with van der Waals surface area (Å²) in [5.74, 6) is 0.635. The van der Waals surface area contributed by atoms with Gasteiger partial charge in [-0.25, -0.2) is 4.98 Å². The number of hydrogen-bond acceptors (Lipinski definition) is 4. The number of pyridine rings is 2. The number of hydrogen-bond donors (Lipinski definition) is 1. The molecule has 0 spiro atoms. The molecule has 0 aliphatic heterocycles. The van der Waals surface area contributed by atoms with Crippen molar-refractivity contribution in [3.8, 4) is 5.88 Å². The van der Waals surface area contributed by atoms with Gasteiger partial charge in [-0.15, -0.1) is 0 Å². The third-order valence-corrected chi connectivity index (χ3v) is 4.19. The maximum Gasteiger partial charge on any atom is 0.253 e. The first-order chi connectivity index (χ1) is 11.2. The fourth-order valence-electron chi connectivity index (χ4n) is 2.90. The van der Waals surface area contributed by atoms with Gasteiger partial charge in [0, 0.05) is 30.2 Å². The molecular weight excluding hydrogens is 290 g/mol. The first-order valence-corrected chi connectivity index (χ1v) is 8.02. The Morgan fingerprint density at radius 2 is 1.87 bits per heavy atom. The fourth-order valence-corrected chi connectivity index (χ4v) is 2.90. The summed E-state index contributed by atoms with van der Waals surface area (Å²) in [4.78, 5) is 20.7. The van der Waals surface area contributed by atoms with Gasteiger partial charge in [-0.05, 0) is 50.8 Å². The number of carbonyl (C=O) groups is 1. The molecular formula is C18H21N3O2. The third-order valence-electron chi connectivity index (χ3n) is 4.19. The number of nitrogens with one attached hydrogen (secondary N) is 1. The maximum atomic E-state index is 12.3. The Morgan fingerprint density at radius 1 is 1.09 bits per heavy atom. The van der Waals surface area contributed by atoms with E-state index in [1.807, 2.05) is 31.2 Å². The molecule has 1 saturated carbocycles. The number of aryl methyl sites for hydroxylation is 1. The van der Waals surface area contributed by atoms with E-state index in [0.29, 0.717) is 11.4 Å². The van der Waals surface area contributed by atoms with Crippen LogP contribution in [0.4, 0.5) is 0 Å². The van der Waals surface area contributed by atoms with Crippen LogP contribution in [0.5, 0.6) is 5.88 Å². The summed E-state index contributed by atoms with van der Waals surface area (Å²) in [6, 6.07) is 9.47. The molecule has 0 aromatic carbocycles. The lowest BCUT2D eigenvalue weighted by Crippen LogP contribution is -2.40. The highest BCUT2D eigenvalue weighted by atomic mass is 16.5. The molecule has 0 atom stereocenters. The van der Waals surface area contributed by atoms with E-state index >= 15 is 0 Å². The summed E-state index contributed by atoms with van der Waals surface area (Å²) >= 11 is 0. The molecule has 5 nitrogen and oxygen atoms in total. The van der Waals surface area contributed by atoms with Gasteiger partial charge in [0.15, 0.2) is 0 Å². The minimum Gasteiger partial charge on any atom is -0.474 e. The van der Waals surface area contributed by atoms with E-state index < -0.39 is 0 Å². The van der Waals surface area contributed by atoms with Crippen LogP contribution in [-0.2, 0) is 0 Å². The van der Waals surface area contributed by atoms with E-state index in [0.717, 1.165) is 31.4 Å². The van der Waals surface area contributed by atoms with Crippen molar-refractivity contribution in [2.75, 3.05) is 0 Å². The van der Waals surface area contributed by atoms with Gasteiger partial charge in [0.2, 0.25) is 5.88 Å². The van der Waals surface area contributed by atoms with Gasteiger partial charge < -0.3 is 10.1 Å². The van der Waals surface area contributed by atoms with Gasteiger partial charge >= 0.3 is 0 Å². The number of nitrogens with zero attached hydrogens (tertiary/aromatic N) is 2. The summed E-state index contributed by atoms with van der Waals surface area (Å²) in [5, 5.41) is 3.11. The van der Waals surface area contributed by atoms with E-state index in [4.69, 9.17) is 4.74 Å². The van der Waals surface area contributed by atoms with Crippen LogP contribution < -0.4 is 10.1 Å². The van der Waals surface area contributed by atoms with E-state index in [9.17, 15) is 4.79 Å². The summed E-state index contributed by atoms with van der Waals surface area (Å²) in [6.07, 6.45) is 7.30. The first kappa shape index (κ1) is 15.5. The molecule has 2 aromatic rings. The van der Waals surface area contributed by atoms with Crippen LogP contribution in [0.3, 0.4) is 0 Å². The molecule has 0 unspecified atom stereocenters.